The van der Waals surface area contributed by atoms with Gasteiger partial charge in [-0.15, -0.1) is 11.3 Å². The Morgan fingerprint density at radius 3 is 3.07 bits per heavy atom. The van der Waals surface area contributed by atoms with E-state index in [-0.39, 0.29) is 11.9 Å². The van der Waals surface area contributed by atoms with Gasteiger partial charge in [0.15, 0.2) is 5.69 Å². The average molecular weight is 411 g/mol. The molecule has 4 rings (SSSR count). The maximum atomic E-state index is 12.9. The second kappa shape index (κ2) is 8.84. The Hall–Kier alpha value is -2.58. The molecule has 1 aliphatic heterocycles. The lowest BCUT2D eigenvalue weighted by Gasteiger charge is -2.15. The predicted molar refractivity (Wildman–Crippen MR) is 116 cm³/mol. The number of carbonyl (C=O) groups is 1. The van der Waals surface area contributed by atoms with Crippen LogP contribution in [-0.4, -0.2) is 40.5 Å². The van der Waals surface area contributed by atoms with E-state index >= 15 is 0 Å². The van der Waals surface area contributed by atoms with Crippen molar-refractivity contribution in [2.24, 2.45) is 5.92 Å². The van der Waals surface area contributed by atoms with Crippen LogP contribution in [-0.2, 0) is 0 Å². The number of carbonyl (C=O) groups excluding carboxylic acids is 1. The van der Waals surface area contributed by atoms with Crippen molar-refractivity contribution in [2.45, 2.75) is 32.7 Å². The Labute approximate surface area is 174 Å². The van der Waals surface area contributed by atoms with E-state index in [0.29, 0.717) is 24.1 Å². The fourth-order valence-corrected chi connectivity index (χ4v) is 4.55. The topological polar surface area (TPSA) is 91.8 Å². The number of anilines is 1. The number of nitrogens with zero attached hydrogens (tertiary/aromatic N) is 3. The first-order valence-electron chi connectivity index (χ1n) is 10.0. The van der Waals surface area contributed by atoms with Gasteiger partial charge in [0.25, 0.3) is 5.91 Å². The summed E-state index contributed by atoms with van der Waals surface area (Å²) >= 11 is 1.56. The van der Waals surface area contributed by atoms with Crippen LogP contribution in [0.5, 0.6) is 0 Å². The first kappa shape index (κ1) is 19.7. The van der Waals surface area contributed by atoms with Crippen LogP contribution in [0.3, 0.4) is 0 Å². The molecule has 0 bridgehead atoms. The van der Waals surface area contributed by atoms with E-state index in [9.17, 15) is 4.79 Å². The number of thiophene rings is 1. The molecule has 0 aromatic carbocycles. The van der Waals surface area contributed by atoms with Gasteiger partial charge in [0.05, 0.1) is 16.3 Å². The van der Waals surface area contributed by atoms with Gasteiger partial charge in [0.2, 0.25) is 5.95 Å². The van der Waals surface area contributed by atoms with Gasteiger partial charge in [-0.1, -0.05) is 6.07 Å². The van der Waals surface area contributed by atoms with Crippen molar-refractivity contribution in [3.8, 4) is 0 Å². The normalized spacial score (nSPS) is 17.4. The Morgan fingerprint density at radius 2 is 2.31 bits per heavy atom. The number of hydrogen-bond donors (Lipinski definition) is 3. The molecule has 0 aliphatic carbocycles. The number of hydrogen-bond acceptors (Lipinski definition) is 7. The first-order valence-corrected chi connectivity index (χ1v) is 10.9. The molecule has 0 radical (unpaired) electrons. The highest BCUT2D eigenvalue weighted by Crippen LogP contribution is 2.28. The molecule has 152 valence electrons. The summed E-state index contributed by atoms with van der Waals surface area (Å²) in [5.74, 6) is 0.960. The number of pyridine rings is 1. The lowest BCUT2D eigenvalue weighted by Crippen LogP contribution is -2.27. The van der Waals surface area contributed by atoms with Crippen LogP contribution in [0, 0.1) is 12.8 Å². The van der Waals surface area contributed by atoms with Gasteiger partial charge in [0.1, 0.15) is 0 Å². The fourth-order valence-electron chi connectivity index (χ4n) is 3.61. The summed E-state index contributed by atoms with van der Waals surface area (Å²) in [6.07, 6.45) is 5.73. The zero-order chi connectivity index (χ0) is 20.2. The highest BCUT2D eigenvalue weighted by molar-refractivity contribution is 7.19. The van der Waals surface area contributed by atoms with Crippen molar-refractivity contribution in [3.05, 3.63) is 46.7 Å². The molecule has 1 amide bonds. The number of fused-ring (bicyclic) bond motifs is 1. The summed E-state index contributed by atoms with van der Waals surface area (Å²) in [7, 11) is 0. The summed E-state index contributed by atoms with van der Waals surface area (Å²) in [5, 5.41) is 9.73. The predicted octanol–water partition coefficient (Wildman–Crippen LogP) is 3.30. The zero-order valence-electron chi connectivity index (χ0n) is 16.7. The van der Waals surface area contributed by atoms with E-state index in [1.165, 1.54) is 6.42 Å². The molecule has 29 heavy (non-hydrogen) atoms. The maximum absolute atomic E-state index is 12.9. The third-order valence-electron chi connectivity index (χ3n) is 5.24. The minimum atomic E-state index is -0.137. The molecule has 3 N–H and O–H groups in total. The first-order chi connectivity index (χ1) is 14.1. The standard InChI is InChI=1S/C21H26N6OS/c1-13-10-17-19(29-13)18(20(28)24-9-6-15-5-8-23-11-15)27-21(26-17)25-14(2)16-4-3-7-22-12-16/h3-4,7,10,12,14-15,23H,5-6,8-9,11H2,1-2H3,(H,24,28)(H,25,26,27)/t14-,15-/m0/s1. The molecule has 2 atom stereocenters. The second-order valence-electron chi connectivity index (χ2n) is 7.52. The van der Waals surface area contributed by atoms with Gasteiger partial charge in [-0.2, -0.15) is 0 Å². The lowest BCUT2D eigenvalue weighted by molar-refractivity contribution is 0.0948. The molecule has 3 aromatic heterocycles. The molecule has 0 spiro atoms. The van der Waals surface area contributed by atoms with E-state index < -0.39 is 0 Å². The molecular weight excluding hydrogens is 384 g/mol. The minimum absolute atomic E-state index is 0.0216. The third-order valence-corrected chi connectivity index (χ3v) is 6.29. The molecule has 3 aromatic rings. The quantitative estimate of drug-likeness (QED) is 0.554. The molecule has 0 saturated carbocycles. The second-order valence-corrected chi connectivity index (χ2v) is 8.78. The highest BCUT2D eigenvalue weighted by Gasteiger charge is 2.19. The van der Waals surface area contributed by atoms with Gasteiger partial charge in [-0.3, -0.25) is 9.78 Å². The molecule has 4 heterocycles. The van der Waals surface area contributed by atoms with E-state index in [1.807, 2.05) is 38.2 Å². The van der Waals surface area contributed by atoms with Gasteiger partial charge in [-0.25, -0.2) is 9.97 Å². The van der Waals surface area contributed by atoms with Crippen molar-refractivity contribution >= 4 is 33.4 Å². The molecule has 0 unspecified atom stereocenters. The molecule has 7 nitrogen and oxygen atoms in total. The van der Waals surface area contributed by atoms with Gasteiger partial charge in [-0.05, 0) is 63.4 Å². The highest BCUT2D eigenvalue weighted by atomic mass is 32.1. The molecular formula is C21H26N6OS. The number of aryl methyl sites for hydroxylation is 1. The Bertz CT molecular complexity index is 984. The molecule has 1 saturated heterocycles. The van der Waals surface area contributed by atoms with E-state index in [2.05, 4.69) is 30.9 Å². The van der Waals surface area contributed by atoms with Crippen LogP contribution >= 0.6 is 11.3 Å². The fraction of sp³-hybridized carbons (Fsp3) is 0.429. The van der Waals surface area contributed by atoms with E-state index in [0.717, 1.165) is 40.2 Å². The number of nitrogens with one attached hydrogen (secondary N) is 3. The monoisotopic (exact) mass is 410 g/mol. The largest absolute Gasteiger partial charge is 0.351 e. The van der Waals surface area contributed by atoms with Gasteiger partial charge >= 0.3 is 0 Å². The Balaban J connectivity index is 1.52. The smallest absolute Gasteiger partial charge is 0.271 e. The molecule has 8 heteroatoms. The van der Waals surface area contributed by atoms with Crippen LogP contribution in [0.2, 0.25) is 0 Å². The van der Waals surface area contributed by atoms with Crippen LogP contribution in [0.15, 0.2) is 30.6 Å². The van der Waals surface area contributed by atoms with Crippen LogP contribution in [0.25, 0.3) is 10.2 Å². The number of rotatable bonds is 7. The third kappa shape index (κ3) is 4.71. The summed E-state index contributed by atoms with van der Waals surface area (Å²) < 4.78 is 0.835. The van der Waals surface area contributed by atoms with E-state index in [4.69, 9.17) is 0 Å². The SMILES string of the molecule is Cc1cc2nc(N[C@@H](C)c3cccnc3)nc(C(=O)NCC[C@@H]3CCNC3)c2s1. The average Bonchev–Trinajstić information content (AvgIpc) is 3.36. The van der Waals surface area contributed by atoms with Crippen molar-refractivity contribution in [2.75, 3.05) is 25.0 Å². The maximum Gasteiger partial charge on any atom is 0.271 e. The number of amides is 1. The number of aromatic nitrogens is 3. The minimum Gasteiger partial charge on any atom is -0.351 e. The Kier molecular flexibility index (Phi) is 6.01. The van der Waals surface area contributed by atoms with Crippen LogP contribution in [0.4, 0.5) is 5.95 Å². The molecule has 1 aliphatic rings. The van der Waals surface area contributed by atoms with E-state index in [1.54, 1.807) is 17.5 Å². The Morgan fingerprint density at radius 1 is 1.41 bits per heavy atom. The van der Waals surface area contributed by atoms with Crippen molar-refractivity contribution in [1.29, 1.82) is 0 Å². The van der Waals surface area contributed by atoms with Crippen molar-refractivity contribution in [3.63, 3.8) is 0 Å². The molecule has 1 fully saturated rings. The summed E-state index contributed by atoms with van der Waals surface area (Å²) in [6.45, 7) is 6.82. The van der Waals surface area contributed by atoms with Crippen LogP contribution in [0.1, 0.15) is 46.7 Å². The van der Waals surface area contributed by atoms with Crippen molar-refractivity contribution < 1.29 is 4.79 Å². The van der Waals surface area contributed by atoms with Gasteiger partial charge in [0, 0.05) is 23.8 Å². The van der Waals surface area contributed by atoms with Gasteiger partial charge < -0.3 is 16.0 Å². The lowest BCUT2D eigenvalue weighted by atomic mass is 10.1. The van der Waals surface area contributed by atoms with Crippen molar-refractivity contribution in [1.82, 2.24) is 25.6 Å². The summed E-state index contributed by atoms with van der Waals surface area (Å²) in [4.78, 5) is 27.4. The summed E-state index contributed by atoms with van der Waals surface area (Å²) in [6, 6.07) is 5.89. The zero-order valence-corrected chi connectivity index (χ0v) is 17.6. The summed E-state index contributed by atoms with van der Waals surface area (Å²) in [5.41, 5.74) is 2.28. The van der Waals surface area contributed by atoms with Crippen LogP contribution < -0.4 is 16.0 Å².